The van der Waals surface area contributed by atoms with Crippen LogP contribution in [0.15, 0.2) is 48.5 Å². The first-order chi connectivity index (χ1) is 15.5. The zero-order valence-corrected chi connectivity index (χ0v) is 19.3. The molecule has 7 heteroatoms. The molecule has 0 saturated carbocycles. The van der Waals surface area contributed by atoms with Crippen molar-refractivity contribution >= 4 is 23.3 Å². The smallest absolute Gasteiger partial charge is 0.310 e. The summed E-state index contributed by atoms with van der Waals surface area (Å²) in [4.78, 5) is 16.4. The Bertz CT molecular complexity index is 900. The van der Waals surface area contributed by atoms with E-state index in [1.165, 1.54) is 12.7 Å². The molecule has 172 valence electrons. The van der Waals surface area contributed by atoms with E-state index in [1.54, 1.807) is 0 Å². The minimum Gasteiger partial charge on any atom is -0.469 e. The fourth-order valence-electron chi connectivity index (χ4n) is 4.75. The number of methoxy groups -OCH3 is 1. The number of hydrogen-bond donors (Lipinski definition) is 2. The van der Waals surface area contributed by atoms with Crippen LogP contribution in [0, 0.1) is 0 Å². The number of aliphatic hydroxyl groups is 1. The number of para-hydroxylation sites is 1. The highest BCUT2D eigenvalue weighted by Crippen LogP contribution is 2.26. The number of nitrogens with one attached hydrogen (secondary N) is 1. The van der Waals surface area contributed by atoms with Crippen molar-refractivity contribution in [2.24, 2.45) is 0 Å². The molecule has 0 radical (unpaired) electrons. The molecule has 2 aromatic carbocycles. The third-order valence-corrected chi connectivity index (χ3v) is 6.79. The number of carbonyl (C=O) groups is 1. The SMILES string of the molecule is COC(=O)Cc1ccccc1N1CC(NC2CCN(Cc3ccc(Cl)cc3)CC2)[C@H](O)C1. The maximum atomic E-state index is 11.8. The summed E-state index contributed by atoms with van der Waals surface area (Å²) in [6.45, 7) is 4.31. The molecule has 2 fully saturated rings. The maximum absolute atomic E-state index is 11.8. The molecule has 2 atom stereocenters. The molecule has 2 heterocycles. The predicted octanol–water partition coefficient (Wildman–Crippen LogP) is 2.86. The van der Waals surface area contributed by atoms with Gasteiger partial charge in [0.05, 0.1) is 25.7 Å². The molecule has 2 aromatic rings. The maximum Gasteiger partial charge on any atom is 0.310 e. The van der Waals surface area contributed by atoms with Crippen LogP contribution in [0.1, 0.15) is 24.0 Å². The molecule has 2 N–H and O–H groups in total. The number of anilines is 1. The number of hydrogen-bond acceptors (Lipinski definition) is 6. The number of β-amino-alcohol motifs (C(OH)–C–C–N with tert-alkyl or cyclic N) is 1. The Balaban J connectivity index is 1.29. The number of likely N-dealkylation sites (tertiary alicyclic amines) is 1. The zero-order chi connectivity index (χ0) is 22.5. The number of piperidine rings is 1. The predicted molar refractivity (Wildman–Crippen MR) is 127 cm³/mol. The Hall–Kier alpha value is -2.12. The number of rotatable bonds is 7. The number of halogens is 1. The lowest BCUT2D eigenvalue weighted by Gasteiger charge is -2.34. The molecule has 2 aliphatic heterocycles. The molecule has 4 rings (SSSR count). The second-order valence-corrected chi connectivity index (χ2v) is 9.24. The van der Waals surface area contributed by atoms with E-state index in [9.17, 15) is 9.90 Å². The molecule has 2 saturated heterocycles. The van der Waals surface area contributed by atoms with Gasteiger partial charge in [0.15, 0.2) is 0 Å². The van der Waals surface area contributed by atoms with Gasteiger partial charge < -0.3 is 20.1 Å². The molecule has 2 aliphatic rings. The highest BCUT2D eigenvalue weighted by Gasteiger charge is 2.34. The van der Waals surface area contributed by atoms with Crippen LogP contribution >= 0.6 is 11.6 Å². The van der Waals surface area contributed by atoms with E-state index in [1.807, 2.05) is 36.4 Å². The highest BCUT2D eigenvalue weighted by atomic mass is 35.5. The largest absolute Gasteiger partial charge is 0.469 e. The number of benzene rings is 2. The van der Waals surface area contributed by atoms with Crippen LogP contribution in [-0.4, -0.2) is 67.5 Å². The van der Waals surface area contributed by atoms with Crippen LogP contribution < -0.4 is 10.2 Å². The van der Waals surface area contributed by atoms with Crippen molar-refractivity contribution in [3.05, 3.63) is 64.7 Å². The molecule has 32 heavy (non-hydrogen) atoms. The Labute approximate surface area is 195 Å². The van der Waals surface area contributed by atoms with Crippen molar-refractivity contribution in [2.45, 2.75) is 44.0 Å². The molecule has 0 aliphatic carbocycles. The van der Waals surface area contributed by atoms with Gasteiger partial charge in [-0.25, -0.2) is 0 Å². The molecular weight excluding hydrogens is 426 g/mol. The first-order valence-corrected chi connectivity index (χ1v) is 11.7. The second-order valence-electron chi connectivity index (χ2n) is 8.80. The minimum absolute atomic E-state index is 0.0222. The lowest BCUT2D eigenvalue weighted by Crippen LogP contribution is -2.49. The van der Waals surface area contributed by atoms with Crippen LogP contribution in [0.2, 0.25) is 5.02 Å². The van der Waals surface area contributed by atoms with Crippen molar-refractivity contribution in [3.63, 3.8) is 0 Å². The number of nitrogens with zero attached hydrogens (tertiary/aromatic N) is 2. The number of ether oxygens (including phenoxy) is 1. The molecular formula is C25H32ClN3O3. The van der Waals surface area contributed by atoms with Gasteiger partial charge in [0.2, 0.25) is 0 Å². The van der Waals surface area contributed by atoms with Gasteiger partial charge in [0.1, 0.15) is 0 Å². The van der Waals surface area contributed by atoms with Crippen molar-refractivity contribution < 1.29 is 14.6 Å². The first-order valence-electron chi connectivity index (χ1n) is 11.3. The lowest BCUT2D eigenvalue weighted by atomic mass is 10.0. The van der Waals surface area contributed by atoms with E-state index in [2.05, 4.69) is 27.2 Å². The quantitative estimate of drug-likeness (QED) is 0.623. The second kappa shape index (κ2) is 10.7. The minimum atomic E-state index is -0.437. The van der Waals surface area contributed by atoms with E-state index in [0.717, 1.165) is 55.3 Å². The summed E-state index contributed by atoms with van der Waals surface area (Å²) in [7, 11) is 1.41. The third-order valence-electron chi connectivity index (χ3n) is 6.54. The van der Waals surface area contributed by atoms with Crippen LogP contribution in [0.5, 0.6) is 0 Å². The van der Waals surface area contributed by atoms with Crippen LogP contribution in [0.25, 0.3) is 0 Å². The lowest BCUT2D eigenvalue weighted by molar-refractivity contribution is -0.139. The van der Waals surface area contributed by atoms with Crippen LogP contribution in [0.3, 0.4) is 0 Å². The zero-order valence-electron chi connectivity index (χ0n) is 18.5. The highest BCUT2D eigenvalue weighted by molar-refractivity contribution is 6.30. The number of esters is 1. The number of carbonyl (C=O) groups excluding carboxylic acids is 1. The molecule has 1 unspecified atom stereocenters. The fraction of sp³-hybridized carbons (Fsp3) is 0.480. The molecule has 6 nitrogen and oxygen atoms in total. The number of aliphatic hydroxyl groups excluding tert-OH is 1. The van der Waals surface area contributed by atoms with Gasteiger partial charge >= 0.3 is 5.97 Å². The summed E-state index contributed by atoms with van der Waals surface area (Å²) in [5.41, 5.74) is 3.22. The summed E-state index contributed by atoms with van der Waals surface area (Å²) < 4.78 is 4.84. The van der Waals surface area contributed by atoms with E-state index in [-0.39, 0.29) is 18.4 Å². The van der Waals surface area contributed by atoms with E-state index >= 15 is 0 Å². The normalized spacial score (nSPS) is 22.3. The average Bonchev–Trinajstić information content (AvgIpc) is 3.17. The van der Waals surface area contributed by atoms with Gasteiger partial charge in [0, 0.05) is 36.4 Å². The van der Waals surface area contributed by atoms with E-state index in [0.29, 0.717) is 12.6 Å². The van der Waals surface area contributed by atoms with Crippen molar-refractivity contribution in [1.29, 1.82) is 0 Å². The fourth-order valence-corrected chi connectivity index (χ4v) is 4.88. The van der Waals surface area contributed by atoms with Gasteiger partial charge in [-0.1, -0.05) is 41.9 Å². The summed E-state index contributed by atoms with van der Waals surface area (Å²) in [6, 6.07) is 16.4. The molecule has 0 aromatic heterocycles. The third kappa shape index (κ3) is 5.81. The Morgan fingerprint density at radius 2 is 1.84 bits per heavy atom. The van der Waals surface area contributed by atoms with Crippen LogP contribution in [0.4, 0.5) is 5.69 Å². The van der Waals surface area contributed by atoms with Crippen molar-refractivity contribution in [3.8, 4) is 0 Å². The Kier molecular flexibility index (Phi) is 7.68. The topological polar surface area (TPSA) is 65.0 Å². The van der Waals surface area contributed by atoms with Crippen molar-refractivity contribution in [2.75, 3.05) is 38.2 Å². The first kappa shape index (κ1) is 23.1. The van der Waals surface area contributed by atoms with Gasteiger partial charge in [-0.05, 0) is 55.3 Å². The molecule has 0 spiro atoms. The molecule has 0 amide bonds. The van der Waals surface area contributed by atoms with Gasteiger partial charge in [-0.2, -0.15) is 0 Å². The van der Waals surface area contributed by atoms with Gasteiger partial charge in [0.25, 0.3) is 0 Å². The molecule has 0 bridgehead atoms. The summed E-state index contributed by atoms with van der Waals surface area (Å²) in [5, 5.41) is 15.2. The van der Waals surface area contributed by atoms with E-state index < -0.39 is 6.10 Å². The summed E-state index contributed by atoms with van der Waals surface area (Å²) >= 11 is 5.99. The summed E-state index contributed by atoms with van der Waals surface area (Å²) in [5.74, 6) is -0.253. The Morgan fingerprint density at radius 3 is 2.56 bits per heavy atom. The Morgan fingerprint density at radius 1 is 1.12 bits per heavy atom. The van der Waals surface area contributed by atoms with Crippen molar-refractivity contribution in [1.82, 2.24) is 10.2 Å². The van der Waals surface area contributed by atoms with Gasteiger partial charge in [-0.15, -0.1) is 0 Å². The van der Waals surface area contributed by atoms with Gasteiger partial charge in [-0.3, -0.25) is 9.69 Å². The standard InChI is InChI=1S/C25H32ClN3O3/c1-32-25(31)14-19-4-2-3-5-23(19)29-16-22(24(30)17-29)27-21-10-12-28(13-11-21)15-18-6-8-20(26)9-7-18/h2-9,21-22,24,27,30H,10-17H2,1H3/t22?,24-/m1/s1. The monoisotopic (exact) mass is 457 g/mol. The van der Waals surface area contributed by atoms with Crippen LogP contribution in [-0.2, 0) is 22.5 Å². The van der Waals surface area contributed by atoms with E-state index in [4.69, 9.17) is 16.3 Å². The average molecular weight is 458 g/mol. The summed E-state index contributed by atoms with van der Waals surface area (Å²) in [6.07, 6.45) is 1.93.